The Balaban J connectivity index is 2.20. The highest BCUT2D eigenvalue weighted by atomic mass is 79.9. The SMILES string of the molecule is CCCCNC(=O)[C@H](C)N(Cc1cccc(Br)c1)C(=O)Cc1ccc(C)c(C)c1. The Hall–Kier alpha value is -2.14. The largest absolute Gasteiger partial charge is 0.354 e. The molecule has 2 rings (SSSR count). The van der Waals surface area contributed by atoms with Gasteiger partial charge >= 0.3 is 0 Å². The maximum absolute atomic E-state index is 13.2. The fraction of sp³-hybridized carbons (Fsp3) is 0.417. The lowest BCUT2D eigenvalue weighted by atomic mass is 10.0. The zero-order chi connectivity index (χ0) is 21.4. The molecule has 0 radical (unpaired) electrons. The predicted molar refractivity (Wildman–Crippen MR) is 122 cm³/mol. The molecule has 0 unspecified atom stereocenters. The molecule has 0 aromatic heterocycles. The lowest BCUT2D eigenvalue weighted by Gasteiger charge is -2.29. The number of benzene rings is 2. The summed E-state index contributed by atoms with van der Waals surface area (Å²) in [5, 5.41) is 2.95. The Bertz CT molecular complexity index is 851. The summed E-state index contributed by atoms with van der Waals surface area (Å²) >= 11 is 3.48. The molecule has 0 spiro atoms. The van der Waals surface area contributed by atoms with E-state index in [0.29, 0.717) is 13.1 Å². The molecule has 2 amide bonds. The van der Waals surface area contributed by atoms with Crippen molar-refractivity contribution in [2.75, 3.05) is 6.54 Å². The third-order valence-corrected chi connectivity index (χ3v) is 5.66. The van der Waals surface area contributed by atoms with Crippen LogP contribution in [0.4, 0.5) is 0 Å². The molecule has 0 fully saturated rings. The van der Waals surface area contributed by atoms with Crippen LogP contribution in [-0.4, -0.2) is 29.3 Å². The Morgan fingerprint density at radius 3 is 2.48 bits per heavy atom. The molecule has 0 aliphatic rings. The van der Waals surface area contributed by atoms with Crippen molar-refractivity contribution in [3.05, 3.63) is 69.2 Å². The molecule has 0 aliphatic carbocycles. The highest BCUT2D eigenvalue weighted by Gasteiger charge is 2.26. The lowest BCUT2D eigenvalue weighted by molar-refractivity contribution is -0.140. The molecule has 2 aromatic rings. The zero-order valence-electron chi connectivity index (χ0n) is 17.8. The number of carbonyl (C=O) groups excluding carboxylic acids is 2. The minimum atomic E-state index is -0.537. The van der Waals surface area contributed by atoms with Gasteiger partial charge in [0, 0.05) is 17.6 Å². The van der Waals surface area contributed by atoms with Crippen LogP contribution < -0.4 is 5.32 Å². The van der Waals surface area contributed by atoms with E-state index in [-0.39, 0.29) is 18.2 Å². The third kappa shape index (κ3) is 7.00. The maximum Gasteiger partial charge on any atom is 0.242 e. The molecule has 4 nitrogen and oxygen atoms in total. The highest BCUT2D eigenvalue weighted by Crippen LogP contribution is 2.17. The van der Waals surface area contributed by atoms with E-state index in [0.717, 1.165) is 28.4 Å². The summed E-state index contributed by atoms with van der Waals surface area (Å²) in [6, 6.07) is 13.4. The van der Waals surface area contributed by atoms with Gasteiger partial charge in [-0.2, -0.15) is 0 Å². The average molecular weight is 459 g/mol. The Morgan fingerprint density at radius 1 is 1.07 bits per heavy atom. The number of hydrogen-bond acceptors (Lipinski definition) is 2. The number of unbranched alkanes of at least 4 members (excludes halogenated alkanes) is 1. The lowest BCUT2D eigenvalue weighted by Crippen LogP contribution is -2.48. The Kier molecular flexibility index (Phi) is 8.90. The molecule has 29 heavy (non-hydrogen) atoms. The number of carbonyl (C=O) groups is 2. The number of nitrogens with one attached hydrogen (secondary N) is 1. The summed E-state index contributed by atoms with van der Waals surface area (Å²) in [5.41, 5.74) is 4.33. The van der Waals surface area contributed by atoms with Gasteiger partial charge in [0.15, 0.2) is 0 Å². The minimum absolute atomic E-state index is 0.0497. The van der Waals surface area contributed by atoms with Gasteiger partial charge in [-0.15, -0.1) is 0 Å². The second kappa shape index (κ2) is 11.1. The zero-order valence-corrected chi connectivity index (χ0v) is 19.4. The van der Waals surface area contributed by atoms with Gasteiger partial charge in [-0.05, 0) is 61.6 Å². The van der Waals surface area contributed by atoms with Crippen molar-refractivity contribution in [2.24, 2.45) is 0 Å². The first kappa shape index (κ1) is 23.1. The minimum Gasteiger partial charge on any atom is -0.354 e. The van der Waals surface area contributed by atoms with Crippen LogP contribution in [0.1, 0.15) is 48.9 Å². The first-order valence-corrected chi connectivity index (χ1v) is 11.0. The summed E-state index contributed by atoms with van der Waals surface area (Å²) in [5.74, 6) is -0.159. The monoisotopic (exact) mass is 458 g/mol. The molecule has 1 atom stereocenters. The van der Waals surface area contributed by atoms with Crippen molar-refractivity contribution in [1.82, 2.24) is 10.2 Å². The van der Waals surface area contributed by atoms with Gasteiger partial charge in [0.1, 0.15) is 6.04 Å². The topological polar surface area (TPSA) is 49.4 Å². The van der Waals surface area contributed by atoms with Crippen molar-refractivity contribution in [1.29, 1.82) is 0 Å². The number of nitrogens with zero attached hydrogens (tertiary/aromatic N) is 1. The smallest absolute Gasteiger partial charge is 0.242 e. The first-order valence-electron chi connectivity index (χ1n) is 10.2. The van der Waals surface area contributed by atoms with Crippen LogP contribution in [0.25, 0.3) is 0 Å². The van der Waals surface area contributed by atoms with Crippen LogP contribution in [0.3, 0.4) is 0 Å². The Morgan fingerprint density at radius 2 is 1.83 bits per heavy atom. The summed E-state index contributed by atoms with van der Waals surface area (Å²) in [6.07, 6.45) is 2.23. The standard InChI is InChI=1S/C24H31BrN2O2/c1-5-6-12-26-24(29)19(4)27(16-21-8-7-9-22(25)14-21)23(28)15-20-11-10-17(2)18(3)13-20/h7-11,13-14,19H,5-6,12,15-16H2,1-4H3,(H,26,29)/t19-/m0/s1. The van der Waals surface area contributed by atoms with Crippen molar-refractivity contribution in [3.63, 3.8) is 0 Å². The molecular formula is C24H31BrN2O2. The van der Waals surface area contributed by atoms with Crippen LogP contribution >= 0.6 is 15.9 Å². The molecule has 2 aromatic carbocycles. The van der Waals surface area contributed by atoms with Gasteiger partial charge in [-0.3, -0.25) is 9.59 Å². The number of aryl methyl sites for hydroxylation is 2. The Labute approximate surface area is 182 Å². The summed E-state index contributed by atoms with van der Waals surface area (Å²) in [6.45, 7) is 9.02. The molecule has 156 valence electrons. The van der Waals surface area contributed by atoms with Crippen LogP contribution in [0.15, 0.2) is 46.9 Å². The van der Waals surface area contributed by atoms with Crippen LogP contribution in [-0.2, 0) is 22.6 Å². The highest BCUT2D eigenvalue weighted by molar-refractivity contribution is 9.10. The molecule has 5 heteroatoms. The van der Waals surface area contributed by atoms with Gasteiger partial charge in [0.05, 0.1) is 6.42 Å². The number of rotatable bonds is 9. The van der Waals surface area contributed by atoms with Crippen molar-refractivity contribution in [3.8, 4) is 0 Å². The summed E-state index contributed by atoms with van der Waals surface area (Å²) in [4.78, 5) is 27.5. The molecule has 0 heterocycles. The van der Waals surface area contributed by atoms with E-state index in [1.54, 1.807) is 11.8 Å². The van der Waals surface area contributed by atoms with E-state index in [9.17, 15) is 9.59 Å². The molecule has 0 bridgehead atoms. The van der Waals surface area contributed by atoms with E-state index >= 15 is 0 Å². The van der Waals surface area contributed by atoms with Crippen LogP contribution in [0.2, 0.25) is 0 Å². The molecular weight excluding hydrogens is 428 g/mol. The van der Waals surface area contributed by atoms with Gasteiger partial charge < -0.3 is 10.2 Å². The fourth-order valence-electron chi connectivity index (χ4n) is 3.14. The van der Waals surface area contributed by atoms with Crippen molar-refractivity contribution < 1.29 is 9.59 Å². The van der Waals surface area contributed by atoms with Crippen molar-refractivity contribution >= 4 is 27.7 Å². The van der Waals surface area contributed by atoms with Crippen molar-refractivity contribution in [2.45, 2.75) is 59.5 Å². The number of hydrogen-bond donors (Lipinski definition) is 1. The first-order chi connectivity index (χ1) is 13.8. The van der Waals surface area contributed by atoms with E-state index in [1.807, 2.05) is 43.3 Å². The molecule has 0 saturated carbocycles. The molecule has 0 saturated heterocycles. The quantitative estimate of drug-likeness (QED) is 0.540. The van der Waals surface area contributed by atoms with E-state index in [2.05, 4.69) is 41.2 Å². The van der Waals surface area contributed by atoms with Gasteiger partial charge in [-0.25, -0.2) is 0 Å². The summed E-state index contributed by atoms with van der Waals surface area (Å²) in [7, 11) is 0. The van der Waals surface area contributed by atoms with E-state index < -0.39 is 6.04 Å². The van der Waals surface area contributed by atoms with E-state index in [1.165, 1.54) is 11.1 Å². The third-order valence-electron chi connectivity index (χ3n) is 5.17. The predicted octanol–water partition coefficient (Wildman–Crippen LogP) is 4.94. The molecule has 0 aliphatic heterocycles. The average Bonchev–Trinajstić information content (AvgIpc) is 2.68. The second-order valence-electron chi connectivity index (χ2n) is 7.57. The van der Waals surface area contributed by atoms with Gasteiger partial charge in [0.2, 0.25) is 11.8 Å². The van der Waals surface area contributed by atoms with Gasteiger partial charge in [-0.1, -0.05) is 59.6 Å². The number of halogens is 1. The van der Waals surface area contributed by atoms with Gasteiger partial charge in [0.25, 0.3) is 0 Å². The normalized spacial score (nSPS) is 11.8. The van der Waals surface area contributed by atoms with Crippen LogP contribution in [0.5, 0.6) is 0 Å². The summed E-state index contributed by atoms with van der Waals surface area (Å²) < 4.78 is 0.955. The van der Waals surface area contributed by atoms with Crippen LogP contribution in [0, 0.1) is 13.8 Å². The maximum atomic E-state index is 13.2. The second-order valence-corrected chi connectivity index (χ2v) is 8.48. The molecule has 1 N–H and O–H groups in total. The number of amides is 2. The van der Waals surface area contributed by atoms with E-state index in [4.69, 9.17) is 0 Å². The fourth-order valence-corrected chi connectivity index (χ4v) is 3.59.